The molecule has 2 rings (SSSR count). The van der Waals surface area contributed by atoms with Crippen LogP contribution in [0.25, 0.3) is 0 Å². The summed E-state index contributed by atoms with van der Waals surface area (Å²) in [5, 5.41) is 8.21. The molecule has 20 heavy (non-hydrogen) atoms. The number of likely N-dealkylation sites (tertiary alicyclic amines) is 1. The molecule has 114 valence electrons. The lowest BCUT2D eigenvalue weighted by atomic mass is 9.96. The molecule has 0 saturated carbocycles. The van der Waals surface area contributed by atoms with Gasteiger partial charge in [0.2, 0.25) is 0 Å². The van der Waals surface area contributed by atoms with Crippen LogP contribution in [0.5, 0.6) is 0 Å². The van der Waals surface area contributed by atoms with E-state index in [1.54, 1.807) is 0 Å². The van der Waals surface area contributed by atoms with Crippen molar-refractivity contribution in [3.05, 3.63) is 18.0 Å². The van der Waals surface area contributed by atoms with Crippen LogP contribution in [0, 0.1) is 5.92 Å². The van der Waals surface area contributed by atoms with Crippen LogP contribution in [-0.2, 0) is 6.54 Å². The molecule has 0 aliphatic carbocycles. The lowest BCUT2D eigenvalue weighted by molar-refractivity contribution is 0.172. The molecule has 1 aliphatic rings. The average Bonchev–Trinajstić information content (AvgIpc) is 2.86. The number of nitrogens with one attached hydrogen (secondary N) is 1. The number of hydrogen-bond acceptors (Lipinski definition) is 3. The summed E-state index contributed by atoms with van der Waals surface area (Å²) in [5.74, 6) is 0.849. The largest absolute Gasteiger partial charge is 0.314 e. The SMILES string of the molecule is CC(C)NCC1CCN(Cc2ccn(C(C)C)n2)CC1. The quantitative estimate of drug-likeness (QED) is 0.868. The normalized spacial score (nSPS) is 18.3. The van der Waals surface area contributed by atoms with Gasteiger partial charge in [-0.05, 0) is 58.3 Å². The zero-order chi connectivity index (χ0) is 14.5. The number of hydrogen-bond donors (Lipinski definition) is 1. The highest BCUT2D eigenvalue weighted by Gasteiger charge is 2.19. The van der Waals surface area contributed by atoms with Crippen molar-refractivity contribution < 1.29 is 0 Å². The minimum absolute atomic E-state index is 0.455. The van der Waals surface area contributed by atoms with Gasteiger partial charge in [0.1, 0.15) is 0 Å². The van der Waals surface area contributed by atoms with Crippen LogP contribution < -0.4 is 5.32 Å². The Morgan fingerprint density at radius 2 is 1.95 bits per heavy atom. The first kappa shape index (κ1) is 15.5. The van der Waals surface area contributed by atoms with E-state index in [2.05, 4.69) is 60.0 Å². The average molecular weight is 278 g/mol. The number of rotatable bonds is 6. The molecule has 0 unspecified atom stereocenters. The molecule has 4 nitrogen and oxygen atoms in total. The van der Waals surface area contributed by atoms with Gasteiger partial charge in [0, 0.05) is 24.8 Å². The predicted octanol–water partition coefficient (Wildman–Crippen LogP) is 2.67. The fraction of sp³-hybridized carbons (Fsp3) is 0.812. The van der Waals surface area contributed by atoms with E-state index in [4.69, 9.17) is 0 Å². The van der Waals surface area contributed by atoms with Crippen LogP contribution in [-0.4, -0.2) is 40.4 Å². The maximum absolute atomic E-state index is 4.65. The summed E-state index contributed by atoms with van der Waals surface area (Å²) < 4.78 is 2.05. The standard InChI is InChI=1S/C16H30N4/c1-13(2)17-11-15-5-8-19(9-6-15)12-16-7-10-20(18-16)14(3)4/h7,10,13-15,17H,5-6,8-9,11-12H2,1-4H3. The van der Waals surface area contributed by atoms with Crippen LogP contribution in [0.4, 0.5) is 0 Å². The van der Waals surface area contributed by atoms with E-state index in [1.165, 1.54) is 38.2 Å². The van der Waals surface area contributed by atoms with Crippen LogP contribution in [0.3, 0.4) is 0 Å². The van der Waals surface area contributed by atoms with E-state index < -0.39 is 0 Å². The van der Waals surface area contributed by atoms with Gasteiger partial charge in [-0.2, -0.15) is 5.10 Å². The maximum atomic E-state index is 4.65. The molecule has 1 fully saturated rings. The lowest BCUT2D eigenvalue weighted by Gasteiger charge is -2.32. The molecule has 0 spiro atoms. The number of piperidine rings is 1. The molecular weight excluding hydrogens is 248 g/mol. The molecule has 0 amide bonds. The van der Waals surface area contributed by atoms with E-state index in [0.29, 0.717) is 12.1 Å². The maximum Gasteiger partial charge on any atom is 0.0764 e. The molecule has 1 N–H and O–H groups in total. The molecule has 4 heteroatoms. The summed E-state index contributed by atoms with van der Waals surface area (Å²) in [6, 6.07) is 3.22. The van der Waals surface area contributed by atoms with Crippen LogP contribution in [0.15, 0.2) is 12.3 Å². The second kappa shape index (κ2) is 7.23. The molecule has 2 heterocycles. The van der Waals surface area contributed by atoms with Crippen molar-refractivity contribution in [2.45, 2.75) is 59.2 Å². The summed E-state index contributed by atoms with van der Waals surface area (Å²) >= 11 is 0. The van der Waals surface area contributed by atoms with Crippen molar-refractivity contribution in [2.24, 2.45) is 5.92 Å². The van der Waals surface area contributed by atoms with Gasteiger partial charge in [-0.3, -0.25) is 9.58 Å². The van der Waals surface area contributed by atoms with Crippen molar-refractivity contribution in [3.63, 3.8) is 0 Å². The first-order valence-electron chi connectivity index (χ1n) is 8.04. The Morgan fingerprint density at radius 3 is 2.50 bits per heavy atom. The van der Waals surface area contributed by atoms with Gasteiger partial charge < -0.3 is 5.32 Å². The smallest absolute Gasteiger partial charge is 0.0764 e. The van der Waals surface area contributed by atoms with Gasteiger partial charge in [-0.25, -0.2) is 0 Å². The Labute approximate surface area is 123 Å². The molecular formula is C16H30N4. The Morgan fingerprint density at radius 1 is 1.25 bits per heavy atom. The summed E-state index contributed by atoms with van der Waals surface area (Å²) in [6.45, 7) is 13.4. The fourth-order valence-corrected chi connectivity index (χ4v) is 2.73. The second-order valence-electron chi connectivity index (χ2n) is 6.66. The fourth-order valence-electron chi connectivity index (χ4n) is 2.73. The van der Waals surface area contributed by atoms with Crippen molar-refractivity contribution in [1.82, 2.24) is 20.0 Å². The van der Waals surface area contributed by atoms with Gasteiger partial charge in [0.25, 0.3) is 0 Å². The third kappa shape index (κ3) is 4.60. The van der Waals surface area contributed by atoms with E-state index in [1.807, 2.05) is 0 Å². The lowest BCUT2D eigenvalue weighted by Crippen LogP contribution is -2.38. The second-order valence-corrected chi connectivity index (χ2v) is 6.66. The Bertz CT molecular complexity index is 389. The van der Waals surface area contributed by atoms with Crippen molar-refractivity contribution in [2.75, 3.05) is 19.6 Å². The van der Waals surface area contributed by atoms with Crippen molar-refractivity contribution in [1.29, 1.82) is 0 Å². The van der Waals surface area contributed by atoms with E-state index in [0.717, 1.165) is 12.5 Å². The Balaban J connectivity index is 1.73. The minimum Gasteiger partial charge on any atom is -0.314 e. The predicted molar refractivity (Wildman–Crippen MR) is 83.8 cm³/mol. The van der Waals surface area contributed by atoms with Gasteiger partial charge in [-0.15, -0.1) is 0 Å². The Kier molecular flexibility index (Phi) is 5.61. The van der Waals surface area contributed by atoms with Crippen molar-refractivity contribution >= 4 is 0 Å². The van der Waals surface area contributed by atoms with E-state index >= 15 is 0 Å². The molecule has 1 aromatic rings. The van der Waals surface area contributed by atoms with Crippen molar-refractivity contribution in [3.8, 4) is 0 Å². The number of aromatic nitrogens is 2. The molecule has 1 saturated heterocycles. The first-order valence-corrected chi connectivity index (χ1v) is 8.04. The number of nitrogens with zero attached hydrogens (tertiary/aromatic N) is 3. The minimum atomic E-state index is 0.455. The van der Waals surface area contributed by atoms with Gasteiger partial charge in [-0.1, -0.05) is 13.8 Å². The van der Waals surface area contributed by atoms with Gasteiger partial charge >= 0.3 is 0 Å². The zero-order valence-electron chi connectivity index (χ0n) is 13.5. The summed E-state index contributed by atoms with van der Waals surface area (Å²) in [4.78, 5) is 2.54. The third-order valence-electron chi connectivity index (χ3n) is 4.10. The molecule has 0 bridgehead atoms. The molecule has 1 aliphatic heterocycles. The van der Waals surface area contributed by atoms with E-state index in [-0.39, 0.29) is 0 Å². The summed E-state index contributed by atoms with van der Waals surface area (Å²) in [6.07, 6.45) is 4.72. The molecule has 1 aromatic heterocycles. The van der Waals surface area contributed by atoms with Crippen LogP contribution >= 0.6 is 0 Å². The highest BCUT2D eigenvalue weighted by Crippen LogP contribution is 2.18. The molecule has 0 atom stereocenters. The highest BCUT2D eigenvalue weighted by atomic mass is 15.3. The zero-order valence-corrected chi connectivity index (χ0v) is 13.5. The van der Waals surface area contributed by atoms with Gasteiger partial charge in [0.15, 0.2) is 0 Å². The van der Waals surface area contributed by atoms with E-state index in [9.17, 15) is 0 Å². The monoisotopic (exact) mass is 278 g/mol. The first-order chi connectivity index (χ1) is 9.54. The van der Waals surface area contributed by atoms with Crippen LogP contribution in [0.1, 0.15) is 52.3 Å². The van der Waals surface area contributed by atoms with Gasteiger partial charge in [0.05, 0.1) is 5.69 Å². The van der Waals surface area contributed by atoms with Crippen LogP contribution in [0.2, 0.25) is 0 Å². The summed E-state index contributed by atoms with van der Waals surface area (Å²) in [5.41, 5.74) is 1.21. The third-order valence-corrected chi connectivity index (χ3v) is 4.10. The topological polar surface area (TPSA) is 33.1 Å². The molecule has 0 radical (unpaired) electrons. The summed E-state index contributed by atoms with van der Waals surface area (Å²) in [7, 11) is 0. The highest BCUT2D eigenvalue weighted by molar-refractivity contribution is 4.99. The Hall–Kier alpha value is -0.870. The molecule has 0 aromatic carbocycles.